The molecule has 2 N–H and O–H groups in total. The number of carboxylic acid groups (broad SMARTS) is 1. The Bertz CT molecular complexity index is 1670. The number of carboxylic acids is 1. The highest BCUT2D eigenvalue weighted by Gasteiger charge is 2.28. The van der Waals surface area contributed by atoms with Gasteiger partial charge < -0.3 is 14.4 Å². The third-order valence-electron chi connectivity index (χ3n) is 6.30. The lowest BCUT2D eigenvalue weighted by atomic mass is 10.0. The van der Waals surface area contributed by atoms with E-state index in [9.17, 15) is 22.7 Å². The average Bonchev–Trinajstić information content (AvgIpc) is 3.15. The number of hydrogen-bond donors (Lipinski definition) is 2. The van der Waals surface area contributed by atoms with E-state index in [1.165, 1.54) is 36.4 Å². The number of ether oxygens (including phenoxy) is 1. The van der Waals surface area contributed by atoms with Crippen molar-refractivity contribution in [2.24, 2.45) is 0 Å². The van der Waals surface area contributed by atoms with E-state index in [0.29, 0.717) is 28.3 Å². The van der Waals surface area contributed by atoms with Crippen LogP contribution in [0.5, 0.6) is 5.75 Å². The summed E-state index contributed by atoms with van der Waals surface area (Å²) in [6.45, 7) is 4.09. The minimum Gasteiger partial charge on any atom is -0.481 e. The maximum absolute atomic E-state index is 13.4. The number of hydrogen-bond acceptors (Lipinski definition) is 4. The number of fused-ring (bicyclic) bond motifs is 1. The van der Waals surface area contributed by atoms with Gasteiger partial charge in [-0.2, -0.15) is 4.72 Å². The predicted molar refractivity (Wildman–Crippen MR) is 148 cm³/mol. The molecule has 202 valence electrons. The quantitative estimate of drug-likeness (QED) is 0.257. The number of sulfonamides is 1. The second kappa shape index (κ2) is 11.9. The zero-order chi connectivity index (χ0) is 28.2. The number of carbonyl (C=O) groups is 1. The van der Waals surface area contributed by atoms with Crippen LogP contribution in [-0.2, 0) is 27.8 Å². The first-order chi connectivity index (χ1) is 18.6. The topological polar surface area (TPSA) is 97.6 Å². The molecular weight excluding hydrogens is 543 g/mol. The van der Waals surface area contributed by atoms with Gasteiger partial charge >= 0.3 is 5.97 Å². The molecular formula is C29H26ClFN2O5S. The zero-order valence-corrected chi connectivity index (χ0v) is 22.8. The average molecular weight is 569 g/mol. The van der Waals surface area contributed by atoms with Gasteiger partial charge in [0.05, 0.1) is 4.90 Å². The van der Waals surface area contributed by atoms with Crippen LogP contribution in [0.3, 0.4) is 0 Å². The van der Waals surface area contributed by atoms with Crippen LogP contribution in [-0.4, -0.2) is 36.7 Å². The molecule has 0 aliphatic rings. The van der Waals surface area contributed by atoms with Crippen LogP contribution in [0.4, 0.5) is 4.39 Å². The van der Waals surface area contributed by atoms with Gasteiger partial charge in [0, 0.05) is 34.6 Å². The van der Waals surface area contributed by atoms with Crippen LogP contribution < -0.4 is 9.46 Å². The minimum absolute atomic E-state index is 0.0961. The fourth-order valence-electron chi connectivity index (χ4n) is 4.30. The molecule has 4 aromatic rings. The Morgan fingerprint density at radius 1 is 1.13 bits per heavy atom. The number of rotatable bonds is 10. The first-order valence-electron chi connectivity index (χ1n) is 12.0. The molecule has 1 aromatic heterocycles. The summed E-state index contributed by atoms with van der Waals surface area (Å²) in [5, 5.41) is 11.1. The summed E-state index contributed by atoms with van der Waals surface area (Å²) in [5.74, 6) is 4.22. The van der Waals surface area contributed by atoms with Gasteiger partial charge in [0.1, 0.15) is 24.2 Å². The van der Waals surface area contributed by atoms with Crippen molar-refractivity contribution >= 4 is 38.5 Å². The highest BCUT2D eigenvalue weighted by atomic mass is 35.5. The van der Waals surface area contributed by atoms with Gasteiger partial charge in [0.2, 0.25) is 10.0 Å². The van der Waals surface area contributed by atoms with Gasteiger partial charge in [0.15, 0.2) is 0 Å². The summed E-state index contributed by atoms with van der Waals surface area (Å²) in [5.41, 5.74) is 3.04. The molecule has 1 atom stereocenters. The van der Waals surface area contributed by atoms with E-state index in [1.807, 2.05) is 17.6 Å². The highest BCUT2D eigenvalue weighted by Crippen LogP contribution is 2.31. The van der Waals surface area contributed by atoms with E-state index in [-0.39, 0.29) is 23.7 Å². The molecule has 4 rings (SSSR count). The molecule has 0 fully saturated rings. The summed E-state index contributed by atoms with van der Waals surface area (Å²) in [7, 11) is -4.17. The molecule has 1 heterocycles. The van der Waals surface area contributed by atoms with Crippen LogP contribution in [0.2, 0.25) is 5.02 Å². The second-order valence-corrected chi connectivity index (χ2v) is 11.0. The van der Waals surface area contributed by atoms with Gasteiger partial charge in [-0.15, -0.1) is 5.92 Å². The third-order valence-corrected chi connectivity index (χ3v) is 8.02. The lowest BCUT2D eigenvalue weighted by Gasteiger charge is -2.16. The monoisotopic (exact) mass is 568 g/mol. The van der Waals surface area contributed by atoms with Gasteiger partial charge in [-0.3, -0.25) is 4.79 Å². The van der Waals surface area contributed by atoms with Gasteiger partial charge in [-0.1, -0.05) is 29.7 Å². The molecule has 0 radical (unpaired) electrons. The normalized spacial score (nSPS) is 12.1. The van der Waals surface area contributed by atoms with Crippen LogP contribution in [0.15, 0.2) is 71.6 Å². The SMILES string of the molecule is CC#CCOc1ccc(S(=O)(=O)NC(Cc2c(C)n(Cc3ccc(F)cc3)c3ccc(Cl)cc23)C(=O)O)cc1. The van der Waals surface area contributed by atoms with Crippen molar-refractivity contribution in [2.75, 3.05) is 6.61 Å². The molecule has 0 aliphatic carbocycles. The summed E-state index contributed by atoms with van der Waals surface area (Å²) in [6, 6.07) is 15.6. The van der Waals surface area contributed by atoms with Gasteiger partial charge in [0.25, 0.3) is 0 Å². The molecule has 0 saturated carbocycles. The van der Waals surface area contributed by atoms with Gasteiger partial charge in [-0.05, 0) is 79.6 Å². The van der Waals surface area contributed by atoms with Crippen molar-refractivity contribution in [1.29, 1.82) is 0 Å². The number of aromatic nitrogens is 1. The minimum atomic E-state index is -4.17. The van der Waals surface area contributed by atoms with E-state index in [1.54, 1.807) is 31.2 Å². The second-order valence-electron chi connectivity index (χ2n) is 8.84. The molecule has 1 unspecified atom stereocenters. The Balaban J connectivity index is 1.64. The van der Waals surface area contributed by atoms with E-state index in [4.69, 9.17) is 16.3 Å². The van der Waals surface area contributed by atoms with Crippen molar-refractivity contribution in [1.82, 2.24) is 9.29 Å². The Morgan fingerprint density at radius 2 is 1.82 bits per heavy atom. The number of nitrogens with one attached hydrogen (secondary N) is 1. The van der Waals surface area contributed by atoms with Gasteiger partial charge in [-0.25, -0.2) is 12.8 Å². The maximum Gasteiger partial charge on any atom is 0.322 e. The van der Waals surface area contributed by atoms with Crippen LogP contribution in [0, 0.1) is 24.6 Å². The third kappa shape index (κ3) is 6.60. The van der Waals surface area contributed by atoms with Crippen molar-refractivity contribution in [3.8, 4) is 17.6 Å². The van der Waals surface area contributed by atoms with E-state index < -0.39 is 22.0 Å². The molecule has 0 aliphatic heterocycles. The number of halogens is 2. The lowest BCUT2D eigenvalue weighted by Crippen LogP contribution is -2.42. The van der Waals surface area contributed by atoms with Crippen molar-refractivity contribution in [3.63, 3.8) is 0 Å². The fraction of sp³-hybridized carbons (Fsp3) is 0.207. The zero-order valence-electron chi connectivity index (χ0n) is 21.2. The highest BCUT2D eigenvalue weighted by molar-refractivity contribution is 7.89. The first-order valence-corrected chi connectivity index (χ1v) is 13.8. The molecule has 10 heteroatoms. The summed E-state index contributed by atoms with van der Waals surface area (Å²) in [4.78, 5) is 12.1. The van der Waals surface area contributed by atoms with Crippen molar-refractivity contribution in [3.05, 3.63) is 94.4 Å². The largest absolute Gasteiger partial charge is 0.481 e. The number of nitrogens with zero attached hydrogens (tertiary/aromatic N) is 1. The maximum atomic E-state index is 13.4. The summed E-state index contributed by atoms with van der Waals surface area (Å²) in [6.07, 6.45) is -0.120. The summed E-state index contributed by atoms with van der Waals surface area (Å²) >= 11 is 6.27. The number of benzene rings is 3. The van der Waals surface area contributed by atoms with Crippen LogP contribution >= 0.6 is 11.6 Å². The van der Waals surface area contributed by atoms with E-state index in [0.717, 1.165) is 16.8 Å². The van der Waals surface area contributed by atoms with Crippen LogP contribution in [0.1, 0.15) is 23.7 Å². The Morgan fingerprint density at radius 3 is 2.46 bits per heavy atom. The van der Waals surface area contributed by atoms with Crippen molar-refractivity contribution < 1.29 is 27.4 Å². The Labute approximate surface area is 231 Å². The van der Waals surface area contributed by atoms with E-state index >= 15 is 0 Å². The fourth-order valence-corrected chi connectivity index (χ4v) is 5.66. The predicted octanol–water partition coefficient (Wildman–Crippen LogP) is 5.17. The molecule has 39 heavy (non-hydrogen) atoms. The molecule has 0 spiro atoms. The molecule has 0 bridgehead atoms. The molecule has 3 aromatic carbocycles. The summed E-state index contributed by atoms with van der Waals surface area (Å²) < 4.78 is 49.3. The Kier molecular flexibility index (Phi) is 8.60. The van der Waals surface area contributed by atoms with Crippen molar-refractivity contribution in [2.45, 2.75) is 37.8 Å². The first kappa shape index (κ1) is 28.2. The van der Waals surface area contributed by atoms with E-state index in [2.05, 4.69) is 16.6 Å². The Hall–Kier alpha value is -3.84. The molecule has 0 saturated heterocycles. The lowest BCUT2D eigenvalue weighted by molar-refractivity contribution is -0.138. The van der Waals surface area contributed by atoms with Crippen LogP contribution in [0.25, 0.3) is 10.9 Å². The molecule has 0 amide bonds. The molecule has 7 nitrogen and oxygen atoms in total. The smallest absolute Gasteiger partial charge is 0.322 e. The number of aliphatic carboxylic acids is 1. The standard InChI is InChI=1S/C29H26ClFN2O5S/c1-3-4-15-38-23-10-12-24(13-11-23)39(36,37)32-27(29(34)35)17-25-19(2)33(18-20-5-8-22(31)9-6-20)28-14-7-21(30)16-26(25)28/h5-14,16,27,32H,15,17-18H2,1-2H3,(H,34,35).